The number of amides is 1. The van der Waals surface area contributed by atoms with E-state index in [1.807, 2.05) is 26.8 Å². The number of sulfonamides is 1. The zero-order valence-corrected chi connectivity index (χ0v) is 14.7. The third kappa shape index (κ3) is 4.55. The average Bonchev–Trinajstić information content (AvgIpc) is 2.98. The minimum absolute atomic E-state index is 0.0149. The van der Waals surface area contributed by atoms with Crippen LogP contribution in [0.2, 0.25) is 0 Å². The molecule has 0 fully saturated rings. The van der Waals surface area contributed by atoms with Gasteiger partial charge in [0.05, 0.1) is 16.7 Å². The smallest absolute Gasteiger partial charge is 0.268 e. The summed E-state index contributed by atoms with van der Waals surface area (Å²) in [5, 5.41) is 5.30. The highest BCUT2D eigenvalue weighted by molar-refractivity contribution is 7.93. The predicted molar refractivity (Wildman–Crippen MR) is 93.9 cm³/mol. The summed E-state index contributed by atoms with van der Waals surface area (Å²) >= 11 is 0. The van der Waals surface area contributed by atoms with Crippen LogP contribution < -0.4 is 4.72 Å². The number of hydrogen-bond acceptors (Lipinski definition) is 4. The van der Waals surface area contributed by atoms with Crippen LogP contribution in [0.1, 0.15) is 48.3 Å². The molecule has 0 aliphatic carbocycles. The van der Waals surface area contributed by atoms with Crippen molar-refractivity contribution in [1.82, 2.24) is 14.5 Å². The Morgan fingerprint density at radius 3 is 2.54 bits per heavy atom. The van der Waals surface area contributed by atoms with Crippen LogP contribution in [0.15, 0.2) is 41.9 Å². The van der Waals surface area contributed by atoms with Gasteiger partial charge in [-0.3, -0.25) is 9.48 Å². The van der Waals surface area contributed by atoms with E-state index in [1.54, 1.807) is 35.1 Å². The number of rotatable bonds is 6. The second-order valence-electron chi connectivity index (χ2n) is 5.63. The van der Waals surface area contributed by atoms with Crippen LogP contribution >= 0.6 is 0 Å². The molecule has 1 heterocycles. The van der Waals surface area contributed by atoms with Crippen molar-refractivity contribution in [1.29, 1.82) is 0 Å². The lowest BCUT2D eigenvalue weighted by Gasteiger charge is -2.05. The minimum atomic E-state index is -3.88. The van der Waals surface area contributed by atoms with Gasteiger partial charge in [0.2, 0.25) is 0 Å². The summed E-state index contributed by atoms with van der Waals surface area (Å²) in [5.41, 5.74) is 1.59. The maximum Gasteiger partial charge on any atom is 0.268 e. The summed E-state index contributed by atoms with van der Waals surface area (Å²) in [7, 11) is -3.88. The topological polar surface area (TPSA) is 81.1 Å². The van der Waals surface area contributed by atoms with E-state index in [-0.39, 0.29) is 11.5 Å². The third-order valence-corrected chi connectivity index (χ3v) is 4.34. The monoisotopic (exact) mass is 347 g/mol. The molecule has 0 bridgehead atoms. The van der Waals surface area contributed by atoms with E-state index >= 15 is 0 Å². The summed E-state index contributed by atoms with van der Waals surface area (Å²) in [6, 6.07) is 9.00. The van der Waals surface area contributed by atoms with Crippen molar-refractivity contribution in [2.24, 2.45) is 0 Å². The van der Waals surface area contributed by atoms with Crippen molar-refractivity contribution < 1.29 is 13.2 Å². The molecule has 2 aromatic rings. The number of aromatic nitrogens is 2. The number of nitrogens with zero attached hydrogens (tertiary/aromatic N) is 2. The Labute approximate surface area is 142 Å². The van der Waals surface area contributed by atoms with Gasteiger partial charge in [-0.25, -0.2) is 13.1 Å². The molecule has 0 saturated heterocycles. The standard InChI is InChI=1S/C17H21N3O3S/c1-4-20-12-15(16(18-20)13(2)3)17(21)19-24(22,23)11-10-14-8-6-5-7-9-14/h5-13H,4H2,1-3H3,(H,19,21)/b11-10+. The lowest BCUT2D eigenvalue weighted by molar-refractivity contribution is 0.0980. The van der Waals surface area contributed by atoms with Crippen LogP contribution in [0.25, 0.3) is 6.08 Å². The molecule has 1 aromatic heterocycles. The largest absolute Gasteiger partial charge is 0.272 e. The SMILES string of the molecule is CCn1cc(C(=O)NS(=O)(=O)/C=C/c2ccccc2)c(C(C)C)n1. The zero-order chi connectivity index (χ0) is 17.7. The first-order chi connectivity index (χ1) is 11.3. The molecule has 6 nitrogen and oxygen atoms in total. The average molecular weight is 347 g/mol. The van der Waals surface area contributed by atoms with Gasteiger partial charge in [-0.2, -0.15) is 5.10 Å². The van der Waals surface area contributed by atoms with E-state index in [9.17, 15) is 13.2 Å². The zero-order valence-electron chi connectivity index (χ0n) is 13.9. The Hall–Kier alpha value is -2.41. The normalized spacial score (nSPS) is 12.0. The quantitative estimate of drug-likeness (QED) is 0.871. The molecule has 0 spiro atoms. The van der Waals surface area contributed by atoms with Gasteiger partial charge in [0.1, 0.15) is 0 Å². The molecule has 128 valence electrons. The van der Waals surface area contributed by atoms with Crippen molar-refractivity contribution in [2.45, 2.75) is 33.2 Å². The molecule has 7 heteroatoms. The summed E-state index contributed by atoms with van der Waals surface area (Å²) in [6.45, 7) is 6.32. The van der Waals surface area contributed by atoms with Gasteiger partial charge < -0.3 is 0 Å². The van der Waals surface area contributed by atoms with Gasteiger partial charge in [-0.05, 0) is 24.5 Å². The molecule has 0 atom stereocenters. The summed E-state index contributed by atoms with van der Waals surface area (Å²) in [4.78, 5) is 12.3. The Kier molecular flexibility index (Phi) is 5.56. The highest BCUT2D eigenvalue weighted by atomic mass is 32.2. The predicted octanol–water partition coefficient (Wildman–Crippen LogP) is 2.76. The molecule has 1 amide bonds. The maximum absolute atomic E-state index is 12.3. The molecular formula is C17H21N3O3S. The van der Waals surface area contributed by atoms with E-state index in [2.05, 4.69) is 9.82 Å². The van der Waals surface area contributed by atoms with E-state index in [0.29, 0.717) is 12.2 Å². The number of carbonyl (C=O) groups is 1. The molecule has 0 saturated carbocycles. The van der Waals surface area contributed by atoms with Crippen molar-refractivity contribution in [3.05, 3.63) is 58.8 Å². The Balaban J connectivity index is 2.19. The molecule has 0 aliphatic rings. The second kappa shape index (κ2) is 7.44. The first kappa shape index (κ1) is 17.9. The van der Waals surface area contributed by atoms with Crippen molar-refractivity contribution >= 4 is 22.0 Å². The van der Waals surface area contributed by atoms with E-state index in [1.165, 1.54) is 6.08 Å². The van der Waals surface area contributed by atoms with E-state index < -0.39 is 15.9 Å². The fraction of sp³-hybridized carbons (Fsp3) is 0.294. The van der Waals surface area contributed by atoms with Crippen LogP contribution in [0.3, 0.4) is 0 Å². The number of nitrogens with one attached hydrogen (secondary N) is 1. The molecule has 24 heavy (non-hydrogen) atoms. The van der Waals surface area contributed by atoms with Crippen LogP contribution in [0, 0.1) is 0 Å². The Morgan fingerprint density at radius 1 is 1.29 bits per heavy atom. The fourth-order valence-corrected chi connectivity index (χ4v) is 2.92. The number of benzene rings is 1. The van der Waals surface area contributed by atoms with Crippen LogP contribution in [-0.4, -0.2) is 24.1 Å². The Bertz CT molecular complexity index is 837. The fourth-order valence-electron chi connectivity index (χ4n) is 2.15. The van der Waals surface area contributed by atoms with Gasteiger partial charge in [-0.15, -0.1) is 0 Å². The highest BCUT2D eigenvalue weighted by Crippen LogP contribution is 2.18. The van der Waals surface area contributed by atoms with E-state index in [4.69, 9.17) is 0 Å². The molecular weight excluding hydrogens is 326 g/mol. The number of carbonyl (C=O) groups excluding carboxylic acids is 1. The number of aryl methyl sites for hydroxylation is 1. The lowest BCUT2D eigenvalue weighted by atomic mass is 10.1. The van der Waals surface area contributed by atoms with Gasteiger partial charge in [-0.1, -0.05) is 44.2 Å². The van der Waals surface area contributed by atoms with Gasteiger partial charge >= 0.3 is 0 Å². The maximum atomic E-state index is 12.3. The van der Waals surface area contributed by atoms with Crippen LogP contribution in [0.4, 0.5) is 0 Å². The van der Waals surface area contributed by atoms with Crippen molar-refractivity contribution in [2.75, 3.05) is 0 Å². The molecule has 2 rings (SSSR count). The minimum Gasteiger partial charge on any atom is -0.272 e. The lowest BCUT2D eigenvalue weighted by Crippen LogP contribution is -2.29. The summed E-state index contributed by atoms with van der Waals surface area (Å²) < 4.78 is 27.9. The molecule has 0 radical (unpaired) electrons. The third-order valence-electron chi connectivity index (χ3n) is 3.38. The molecule has 0 aliphatic heterocycles. The highest BCUT2D eigenvalue weighted by Gasteiger charge is 2.21. The molecule has 1 N–H and O–H groups in total. The van der Waals surface area contributed by atoms with Gasteiger partial charge in [0.25, 0.3) is 15.9 Å². The van der Waals surface area contributed by atoms with Crippen LogP contribution in [0.5, 0.6) is 0 Å². The molecule has 1 aromatic carbocycles. The summed E-state index contributed by atoms with van der Waals surface area (Å²) in [6.07, 6.45) is 3.01. The van der Waals surface area contributed by atoms with Gasteiger partial charge in [0.15, 0.2) is 0 Å². The number of hydrogen-bond donors (Lipinski definition) is 1. The first-order valence-electron chi connectivity index (χ1n) is 7.70. The van der Waals surface area contributed by atoms with Crippen molar-refractivity contribution in [3.63, 3.8) is 0 Å². The summed E-state index contributed by atoms with van der Waals surface area (Å²) in [5.74, 6) is -0.655. The van der Waals surface area contributed by atoms with E-state index in [0.717, 1.165) is 11.0 Å². The van der Waals surface area contributed by atoms with Gasteiger partial charge in [0, 0.05) is 12.7 Å². The van der Waals surface area contributed by atoms with Crippen LogP contribution in [-0.2, 0) is 16.6 Å². The Morgan fingerprint density at radius 2 is 1.96 bits per heavy atom. The molecule has 0 unspecified atom stereocenters. The first-order valence-corrected chi connectivity index (χ1v) is 9.24. The second-order valence-corrected chi connectivity index (χ2v) is 7.19. The van der Waals surface area contributed by atoms with Crippen molar-refractivity contribution in [3.8, 4) is 0 Å².